The van der Waals surface area contributed by atoms with E-state index < -0.39 is 0 Å². The summed E-state index contributed by atoms with van der Waals surface area (Å²) in [5.74, 6) is 0.180. The molecule has 0 radical (unpaired) electrons. The average molecular weight is 285 g/mol. The lowest BCUT2D eigenvalue weighted by Crippen LogP contribution is -2.50. The summed E-state index contributed by atoms with van der Waals surface area (Å²) in [5.41, 5.74) is 0. The van der Waals surface area contributed by atoms with E-state index in [0.29, 0.717) is 45.2 Å². The molecule has 1 N–H and O–H groups in total. The van der Waals surface area contributed by atoms with Crippen molar-refractivity contribution in [2.24, 2.45) is 0 Å². The number of ether oxygens (including phenoxy) is 1. The molecule has 6 heteroatoms. The number of piperazine rings is 1. The van der Waals surface area contributed by atoms with E-state index >= 15 is 0 Å². The highest BCUT2D eigenvalue weighted by Gasteiger charge is 2.24. The van der Waals surface area contributed by atoms with Gasteiger partial charge in [-0.25, -0.2) is 4.79 Å². The molecule has 0 spiro atoms. The van der Waals surface area contributed by atoms with Gasteiger partial charge in [-0.15, -0.1) is 0 Å². The van der Waals surface area contributed by atoms with E-state index in [2.05, 4.69) is 19.2 Å². The Morgan fingerprint density at radius 1 is 1.15 bits per heavy atom. The van der Waals surface area contributed by atoms with E-state index in [-0.39, 0.29) is 12.0 Å². The number of nitrogens with zero attached hydrogens (tertiary/aromatic N) is 2. The van der Waals surface area contributed by atoms with Crippen molar-refractivity contribution in [3.05, 3.63) is 0 Å². The van der Waals surface area contributed by atoms with E-state index in [9.17, 15) is 9.59 Å². The number of carbonyl (C=O) groups excluding carboxylic acids is 2. The first-order valence-electron chi connectivity index (χ1n) is 7.47. The number of rotatable bonds is 6. The van der Waals surface area contributed by atoms with Crippen LogP contribution < -0.4 is 5.32 Å². The third-order valence-electron chi connectivity index (χ3n) is 3.28. The van der Waals surface area contributed by atoms with Crippen LogP contribution in [0.1, 0.15) is 33.6 Å². The van der Waals surface area contributed by atoms with Crippen molar-refractivity contribution in [1.82, 2.24) is 15.1 Å². The molecular formula is C14H27N3O3. The van der Waals surface area contributed by atoms with E-state index in [4.69, 9.17) is 4.74 Å². The first-order valence-corrected chi connectivity index (χ1v) is 7.47. The largest absolute Gasteiger partial charge is 0.450 e. The normalized spacial score (nSPS) is 15.6. The number of amides is 2. The van der Waals surface area contributed by atoms with Crippen LogP contribution in [0.2, 0.25) is 0 Å². The molecule has 6 nitrogen and oxygen atoms in total. The summed E-state index contributed by atoms with van der Waals surface area (Å²) in [6.07, 6.45) is 1.15. The molecule has 20 heavy (non-hydrogen) atoms. The van der Waals surface area contributed by atoms with Crippen molar-refractivity contribution in [3.63, 3.8) is 0 Å². The Balaban J connectivity index is 2.20. The molecule has 1 aliphatic heterocycles. The highest BCUT2D eigenvalue weighted by Crippen LogP contribution is 2.06. The SMILES string of the molecule is CCOC(=O)N1CCN(C(=O)CCCNC(C)C)CC1. The van der Waals surface area contributed by atoms with Crippen LogP contribution >= 0.6 is 0 Å². The molecule has 0 saturated carbocycles. The summed E-state index contributed by atoms with van der Waals surface area (Å²) in [5, 5.41) is 3.30. The van der Waals surface area contributed by atoms with Gasteiger partial charge in [-0.05, 0) is 19.9 Å². The fourth-order valence-corrected chi connectivity index (χ4v) is 2.14. The van der Waals surface area contributed by atoms with E-state index in [0.717, 1.165) is 13.0 Å². The molecule has 1 saturated heterocycles. The van der Waals surface area contributed by atoms with Crippen LogP contribution in [0.3, 0.4) is 0 Å². The number of hydrogen-bond donors (Lipinski definition) is 1. The second kappa shape index (κ2) is 8.79. The fraction of sp³-hybridized carbons (Fsp3) is 0.857. The fourth-order valence-electron chi connectivity index (χ4n) is 2.14. The van der Waals surface area contributed by atoms with Gasteiger partial charge in [0.1, 0.15) is 0 Å². The van der Waals surface area contributed by atoms with Crippen LogP contribution in [0.15, 0.2) is 0 Å². The summed E-state index contributed by atoms with van der Waals surface area (Å²) in [4.78, 5) is 27.0. The smallest absolute Gasteiger partial charge is 0.409 e. The maximum atomic E-state index is 12.0. The Bertz CT molecular complexity index is 313. The summed E-state index contributed by atoms with van der Waals surface area (Å²) in [7, 11) is 0. The first kappa shape index (κ1) is 16.8. The van der Waals surface area contributed by atoms with Crippen LogP contribution in [-0.4, -0.2) is 67.2 Å². The lowest BCUT2D eigenvalue weighted by Gasteiger charge is -2.34. The molecule has 0 aromatic heterocycles. The van der Waals surface area contributed by atoms with Crippen LogP contribution in [0.25, 0.3) is 0 Å². The van der Waals surface area contributed by atoms with Gasteiger partial charge in [-0.1, -0.05) is 13.8 Å². The lowest BCUT2D eigenvalue weighted by molar-refractivity contribution is -0.132. The van der Waals surface area contributed by atoms with Gasteiger partial charge in [0.25, 0.3) is 0 Å². The highest BCUT2D eigenvalue weighted by molar-refractivity contribution is 5.76. The Labute approximate surface area is 121 Å². The average Bonchev–Trinajstić information content (AvgIpc) is 2.43. The molecule has 1 aliphatic rings. The summed E-state index contributed by atoms with van der Waals surface area (Å²) < 4.78 is 4.95. The Morgan fingerprint density at radius 3 is 2.30 bits per heavy atom. The van der Waals surface area contributed by atoms with Gasteiger partial charge in [0, 0.05) is 38.6 Å². The molecule has 1 heterocycles. The minimum absolute atomic E-state index is 0.180. The summed E-state index contributed by atoms with van der Waals surface area (Å²) >= 11 is 0. The van der Waals surface area contributed by atoms with Crippen LogP contribution in [0, 0.1) is 0 Å². The van der Waals surface area contributed by atoms with E-state index in [1.807, 2.05) is 4.90 Å². The summed E-state index contributed by atoms with van der Waals surface area (Å²) in [6, 6.07) is 0.457. The zero-order chi connectivity index (χ0) is 15.0. The van der Waals surface area contributed by atoms with Gasteiger partial charge in [0.15, 0.2) is 0 Å². The number of hydrogen-bond acceptors (Lipinski definition) is 4. The minimum Gasteiger partial charge on any atom is -0.450 e. The second-order valence-electron chi connectivity index (χ2n) is 5.28. The molecule has 0 aromatic carbocycles. The van der Waals surface area contributed by atoms with E-state index in [1.165, 1.54) is 0 Å². The molecule has 1 fully saturated rings. The van der Waals surface area contributed by atoms with Gasteiger partial charge < -0.3 is 19.9 Å². The summed E-state index contributed by atoms with van der Waals surface area (Å²) in [6.45, 7) is 9.58. The molecule has 1 rings (SSSR count). The molecular weight excluding hydrogens is 258 g/mol. The van der Waals surface area contributed by atoms with Crippen molar-refractivity contribution < 1.29 is 14.3 Å². The zero-order valence-corrected chi connectivity index (χ0v) is 12.9. The third kappa shape index (κ3) is 5.77. The Kier molecular flexibility index (Phi) is 7.36. The van der Waals surface area contributed by atoms with Crippen molar-refractivity contribution in [2.75, 3.05) is 39.3 Å². The van der Waals surface area contributed by atoms with Crippen LogP contribution in [-0.2, 0) is 9.53 Å². The van der Waals surface area contributed by atoms with Crippen molar-refractivity contribution in [2.45, 2.75) is 39.7 Å². The van der Waals surface area contributed by atoms with Crippen LogP contribution in [0.4, 0.5) is 4.79 Å². The standard InChI is InChI=1S/C14H27N3O3/c1-4-20-14(19)17-10-8-16(9-11-17)13(18)6-5-7-15-12(2)3/h12,15H,4-11H2,1-3H3. The maximum Gasteiger partial charge on any atom is 0.409 e. The molecule has 0 bridgehead atoms. The minimum atomic E-state index is -0.277. The third-order valence-corrected chi connectivity index (χ3v) is 3.28. The maximum absolute atomic E-state index is 12.0. The van der Waals surface area contributed by atoms with Gasteiger partial charge in [-0.3, -0.25) is 4.79 Å². The van der Waals surface area contributed by atoms with Crippen molar-refractivity contribution in [1.29, 1.82) is 0 Å². The number of carbonyl (C=O) groups is 2. The topological polar surface area (TPSA) is 61.9 Å². The van der Waals surface area contributed by atoms with Gasteiger partial charge >= 0.3 is 6.09 Å². The van der Waals surface area contributed by atoms with E-state index in [1.54, 1.807) is 11.8 Å². The quantitative estimate of drug-likeness (QED) is 0.741. The second-order valence-corrected chi connectivity index (χ2v) is 5.28. The van der Waals surface area contributed by atoms with Gasteiger partial charge in [0.05, 0.1) is 6.61 Å². The monoisotopic (exact) mass is 285 g/mol. The molecule has 116 valence electrons. The van der Waals surface area contributed by atoms with Gasteiger partial charge in [-0.2, -0.15) is 0 Å². The molecule has 2 amide bonds. The Hall–Kier alpha value is -1.30. The van der Waals surface area contributed by atoms with Crippen LogP contribution in [0.5, 0.6) is 0 Å². The first-order chi connectivity index (χ1) is 9.54. The molecule has 0 aromatic rings. The Morgan fingerprint density at radius 2 is 1.75 bits per heavy atom. The lowest BCUT2D eigenvalue weighted by atomic mass is 10.2. The predicted molar refractivity (Wildman–Crippen MR) is 77.5 cm³/mol. The highest BCUT2D eigenvalue weighted by atomic mass is 16.6. The predicted octanol–water partition coefficient (Wildman–Crippen LogP) is 1.07. The van der Waals surface area contributed by atoms with Gasteiger partial charge in [0.2, 0.25) is 5.91 Å². The number of nitrogens with one attached hydrogen (secondary N) is 1. The molecule has 0 aliphatic carbocycles. The zero-order valence-electron chi connectivity index (χ0n) is 12.9. The molecule has 0 unspecified atom stereocenters. The van der Waals surface area contributed by atoms with Crippen molar-refractivity contribution in [3.8, 4) is 0 Å². The molecule has 0 atom stereocenters. The van der Waals surface area contributed by atoms with Crippen molar-refractivity contribution >= 4 is 12.0 Å².